The van der Waals surface area contributed by atoms with Crippen LogP contribution in [-0.4, -0.2) is 0 Å². The Bertz CT molecular complexity index is 1770. The van der Waals surface area contributed by atoms with E-state index in [-0.39, 0.29) is 22.3 Å². The summed E-state index contributed by atoms with van der Waals surface area (Å²) in [6.07, 6.45) is 0. The molecule has 0 bridgehead atoms. The monoisotopic (exact) mass is 412 g/mol. The number of hydrogen-bond acceptors (Lipinski definition) is 6. The van der Waals surface area contributed by atoms with Crippen molar-refractivity contribution in [2.24, 2.45) is 0 Å². The molecule has 0 radical (unpaired) electrons. The van der Waals surface area contributed by atoms with Crippen molar-refractivity contribution < 1.29 is 8.83 Å². The topological polar surface area (TPSA) is 121 Å². The number of aryl methyl sites for hydroxylation is 2. The zero-order chi connectivity index (χ0) is 22.6. The summed E-state index contributed by atoms with van der Waals surface area (Å²) in [7, 11) is 0. The molecule has 0 saturated carbocycles. The van der Waals surface area contributed by atoms with Crippen LogP contribution >= 0.6 is 0 Å². The van der Waals surface area contributed by atoms with E-state index >= 15 is 0 Å². The van der Waals surface area contributed by atoms with Gasteiger partial charge in [0.25, 0.3) is 0 Å². The minimum absolute atomic E-state index is 0.136. The molecule has 6 nitrogen and oxygen atoms in total. The number of hydrogen-bond donors (Lipinski definition) is 0. The molecule has 6 heteroatoms. The first-order chi connectivity index (χ1) is 15.5. The van der Waals surface area contributed by atoms with Crippen molar-refractivity contribution in [2.75, 3.05) is 0 Å². The van der Waals surface area contributed by atoms with Gasteiger partial charge >= 0.3 is 0 Å². The number of para-hydroxylation sites is 2. The number of rotatable bonds is 0. The molecular formula is C26H12N4O2. The molecule has 5 aromatic rings. The second kappa shape index (κ2) is 6.75. The molecule has 0 unspecified atom stereocenters. The molecule has 5 rings (SSSR count). The van der Waals surface area contributed by atoms with Gasteiger partial charge in [-0.3, -0.25) is 0 Å². The molecule has 0 aliphatic carbocycles. The third-order valence-corrected chi connectivity index (χ3v) is 5.73. The maximum Gasteiger partial charge on any atom is 0.146 e. The summed E-state index contributed by atoms with van der Waals surface area (Å²) >= 11 is 0. The minimum Gasteiger partial charge on any atom is -0.455 e. The van der Waals surface area contributed by atoms with E-state index in [1.165, 1.54) is 0 Å². The Balaban J connectivity index is 2.39. The van der Waals surface area contributed by atoms with Crippen LogP contribution in [0.4, 0.5) is 0 Å². The predicted octanol–water partition coefficient (Wildman–Crippen LogP) is 4.50. The highest BCUT2D eigenvalue weighted by atomic mass is 16.3. The van der Waals surface area contributed by atoms with Gasteiger partial charge in [0, 0.05) is 21.5 Å². The van der Waals surface area contributed by atoms with Crippen molar-refractivity contribution in [3.63, 3.8) is 0 Å². The molecule has 0 amide bonds. The van der Waals surface area contributed by atoms with Crippen molar-refractivity contribution in [3.05, 3.63) is 58.0 Å². The van der Waals surface area contributed by atoms with Gasteiger partial charge in [-0.1, -0.05) is 36.4 Å². The summed E-state index contributed by atoms with van der Waals surface area (Å²) in [6.45, 7) is 3.76. The molecule has 0 atom stereocenters. The van der Waals surface area contributed by atoms with Crippen molar-refractivity contribution in [3.8, 4) is 24.3 Å². The lowest BCUT2D eigenvalue weighted by molar-refractivity contribution is 0.657. The summed E-state index contributed by atoms with van der Waals surface area (Å²) in [4.78, 5) is 0. The summed E-state index contributed by atoms with van der Waals surface area (Å²) < 4.78 is 12.5. The number of nitrogens with zero attached hydrogens (tertiary/aromatic N) is 4. The second-order valence-electron chi connectivity index (χ2n) is 7.46. The first-order valence-electron chi connectivity index (χ1n) is 9.70. The standard InChI is InChI=1S/C26H12N4O2/c1-13-5-3-7-17-21-19(15(9-27)10-28)26-22(18-8-4-6-14(2)24(18)32-26)20(16(11-29)12-30)25(21)31-23(13)17/h3-8H,1-2H3. The van der Waals surface area contributed by atoms with Gasteiger partial charge in [-0.25, -0.2) is 0 Å². The highest BCUT2D eigenvalue weighted by Crippen LogP contribution is 2.33. The molecule has 0 aliphatic rings. The molecule has 148 valence electrons. The van der Waals surface area contributed by atoms with Crippen LogP contribution < -0.4 is 10.4 Å². The smallest absolute Gasteiger partial charge is 0.146 e. The fraction of sp³-hybridized carbons (Fsp3) is 0.0769. The Kier molecular flexibility index (Phi) is 4.00. The Hall–Kier alpha value is -5.04. The van der Waals surface area contributed by atoms with Gasteiger partial charge in [-0.2, -0.15) is 21.0 Å². The van der Waals surface area contributed by atoms with Crippen molar-refractivity contribution in [1.29, 1.82) is 21.0 Å². The van der Waals surface area contributed by atoms with Crippen LogP contribution in [0.2, 0.25) is 0 Å². The molecule has 3 aromatic carbocycles. The van der Waals surface area contributed by atoms with Gasteiger partial charge in [-0.15, -0.1) is 0 Å². The Morgan fingerprint density at radius 2 is 0.969 bits per heavy atom. The lowest BCUT2D eigenvalue weighted by atomic mass is 9.98. The third-order valence-electron chi connectivity index (χ3n) is 5.73. The van der Waals surface area contributed by atoms with E-state index in [1.54, 1.807) is 0 Å². The molecule has 0 fully saturated rings. The van der Waals surface area contributed by atoms with Gasteiger partial charge < -0.3 is 8.83 Å². The molecule has 0 spiro atoms. The first-order valence-corrected chi connectivity index (χ1v) is 9.70. The molecular weight excluding hydrogens is 400 g/mol. The molecule has 32 heavy (non-hydrogen) atoms. The average molecular weight is 412 g/mol. The number of nitriles is 4. The van der Waals surface area contributed by atoms with Gasteiger partial charge in [-0.05, 0) is 25.0 Å². The highest BCUT2D eigenvalue weighted by molar-refractivity contribution is 6.18. The summed E-state index contributed by atoms with van der Waals surface area (Å²) in [6, 6.07) is 19.0. The van der Waals surface area contributed by atoms with E-state index in [2.05, 4.69) is 0 Å². The van der Waals surface area contributed by atoms with E-state index in [9.17, 15) is 21.0 Å². The van der Waals surface area contributed by atoms with Gasteiger partial charge in [0.05, 0.1) is 10.4 Å². The van der Waals surface area contributed by atoms with Crippen LogP contribution in [0.3, 0.4) is 0 Å². The van der Waals surface area contributed by atoms with E-state index in [1.807, 2.05) is 74.5 Å². The average Bonchev–Trinajstić information content (AvgIpc) is 3.37. The molecule has 2 aromatic heterocycles. The van der Waals surface area contributed by atoms with Gasteiger partial charge in [0.1, 0.15) is 57.8 Å². The number of benzene rings is 3. The number of furan rings is 2. The largest absolute Gasteiger partial charge is 0.455 e. The Labute approximate surface area is 181 Å². The quantitative estimate of drug-likeness (QED) is 0.369. The SMILES string of the molecule is Cc1cccc2c1oc1c(=C(C#N)C#N)c3c(oc4c(C)cccc43)c(=C(C#N)C#N)c12. The van der Waals surface area contributed by atoms with Crippen molar-refractivity contribution in [1.82, 2.24) is 0 Å². The fourth-order valence-electron chi connectivity index (χ4n) is 4.35. The zero-order valence-electron chi connectivity index (χ0n) is 17.1. The summed E-state index contributed by atoms with van der Waals surface area (Å²) in [5.74, 6) is 0. The summed E-state index contributed by atoms with van der Waals surface area (Å²) in [5, 5.41) is 42.0. The zero-order valence-corrected chi connectivity index (χ0v) is 17.1. The van der Waals surface area contributed by atoms with Crippen LogP contribution in [0.25, 0.3) is 55.0 Å². The third kappa shape index (κ3) is 2.30. The highest BCUT2D eigenvalue weighted by Gasteiger charge is 2.23. The van der Waals surface area contributed by atoms with Crippen LogP contribution in [-0.2, 0) is 0 Å². The minimum atomic E-state index is -0.136. The van der Waals surface area contributed by atoms with E-state index in [4.69, 9.17) is 8.83 Å². The van der Waals surface area contributed by atoms with E-state index in [0.717, 1.165) is 11.1 Å². The molecule has 2 heterocycles. The normalized spacial score (nSPS) is 10.7. The van der Waals surface area contributed by atoms with Crippen LogP contribution in [0.1, 0.15) is 11.1 Å². The van der Waals surface area contributed by atoms with Crippen molar-refractivity contribution >= 4 is 55.0 Å². The first kappa shape index (κ1) is 19.0. The second-order valence-corrected chi connectivity index (χ2v) is 7.46. The van der Waals surface area contributed by atoms with Crippen LogP contribution in [0.5, 0.6) is 0 Å². The molecule has 0 N–H and O–H groups in total. The van der Waals surface area contributed by atoms with Gasteiger partial charge in [0.15, 0.2) is 0 Å². The van der Waals surface area contributed by atoms with Crippen molar-refractivity contribution in [2.45, 2.75) is 13.8 Å². The summed E-state index contributed by atoms with van der Waals surface area (Å²) in [5.41, 5.74) is 3.10. The van der Waals surface area contributed by atoms with E-state index in [0.29, 0.717) is 43.1 Å². The van der Waals surface area contributed by atoms with Crippen LogP contribution in [0, 0.1) is 59.2 Å². The molecule has 0 aliphatic heterocycles. The maximum atomic E-state index is 9.77. The molecule has 0 saturated heterocycles. The lowest BCUT2D eigenvalue weighted by Crippen LogP contribution is -2.16. The van der Waals surface area contributed by atoms with Crippen LogP contribution in [0.15, 0.2) is 45.2 Å². The predicted molar refractivity (Wildman–Crippen MR) is 119 cm³/mol. The Morgan fingerprint density at radius 3 is 1.31 bits per heavy atom. The fourth-order valence-corrected chi connectivity index (χ4v) is 4.35. The number of fused-ring (bicyclic) bond motifs is 6. The van der Waals surface area contributed by atoms with E-state index < -0.39 is 0 Å². The maximum absolute atomic E-state index is 9.77. The Morgan fingerprint density at radius 1 is 0.594 bits per heavy atom. The lowest BCUT2D eigenvalue weighted by Gasteiger charge is -1.99. The van der Waals surface area contributed by atoms with Gasteiger partial charge in [0.2, 0.25) is 0 Å².